The number of thioether (sulfide) groups is 1. The number of alkyl halides is 1. The molecule has 0 bridgehead atoms. The molecule has 0 aromatic heterocycles. The summed E-state index contributed by atoms with van der Waals surface area (Å²) >= 11 is 5.59. The van der Waals surface area contributed by atoms with Gasteiger partial charge >= 0.3 is 0 Å². The molecule has 1 aromatic carbocycles. The third-order valence-corrected chi connectivity index (χ3v) is 6.29. The number of hydrogen-bond acceptors (Lipinski definition) is 3. The molecule has 1 fully saturated rings. The lowest BCUT2D eigenvalue weighted by atomic mass is 9.72. The summed E-state index contributed by atoms with van der Waals surface area (Å²) < 4.78 is 11.2. The fourth-order valence-electron chi connectivity index (χ4n) is 2.34. The number of fused-ring (bicyclic) bond motifs is 1. The maximum atomic E-state index is 5.62. The van der Waals surface area contributed by atoms with Crippen LogP contribution in [0.15, 0.2) is 23.1 Å². The van der Waals surface area contributed by atoms with Gasteiger partial charge in [-0.05, 0) is 36.5 Å². The molecule has 0 amide bonds. The molecule has 2 nitrogen and oxygen atoms in total. The smallest absolute Gasteiger partial charge is 0.162 e. The summed E-state index contributed by atoms with van der Waals surface area (Å²) in [5.41, 5.74) is 0.526. The standard InChI is InChI=1S/C14H17BrO2S/c15-9-14(4-1-5-14)10-18-11-2-3-12-13(8-11)17-7-6-16-12/h2-3,8H,1,4-7,9-10H2. The van der Waals surface area contributed by atoms with E-state index in [0.29, 0.717) is 18.6 Å². The molecule has 0 unspecified atom stereocenters. The first-order valence-corrected chi connectivity index (χ1v) is 8.50. The van der Waals surface area contributed by atoms with E-state index in [1.54, 1.807) is 0 Å². The molecule has 0 N–H and O–H groups in total. The van der Waals surface area contributed by atoms with E-state index in [1.165, 1.54) is 29.9 Å². The van der Waals surface area contributed by atoms with Crippen LogP contribution in [0.5, 0.6) is 11.5 Å². The molecular formula is C14H17BrO2S. The Balaban J connectivity index is 1.66. The van der Waals surface area contributed by atoms with Crippen LogP contribution in [0.3, 0.4) is 0 Å². The lowest BCUT2D eigenvalue weighted by Gasteiger charge is -2.40. The molecule has 4 heteroatoms. The Morgan fingerprint density at radius 1 is 1.17 bits per heavy atom. The van der Waals surface area contributed by atoms with Gasteiger partial charge in [-0.25, -0.2) is 0 Å². The zero-order chi connectivity index (χ0) is 12.4. The monoisotopic (exact) mass is 328 g/mol. The fraction of sp³-hybridized carbons (Fsp3) is 0.571. The summed E-state index contributed by atoms with van der Waals surface area (Å²) in [5, 5.41) is 1.12. The lowest BCUT2D eigenvalue weighted by molar-refractivity contribution is 0.171. The first-order chi connectivity index (χ1) is 8.81. The van der Waals surface area contributed by atoms with Crippen LogP contribution in [0.4, 0.5) is 0 Å². The Bertz CT molecular complexity index is 426. The van der Waals surface area contributed by atoms with E-state index >= 15 is 0 Å². The molecule has 1 aromatic rings. The predicted molar refractivity (Wildman–Crippen MR) is 78.2 cm³/mol. The first-order valence-electron chi connectivity index (χ1n) is 6.40. The molecule has 0 saturated heterocycles. The molecule has 1 aliphatic heterocycles. The summed E-state index contributed by atoms with van der Waals surface area (Å²) in [5.74, 6) is 2.97. The maximum Gasteiger partial charge on any atom is 0.162 e. The summed E-state index contributed by atoms with van der Waals surface area (Å²) in [6.07, 6.45) is 4.10. The van der Waals surface area contributed by atoms with Crippen molar-refractivity contribution in [3.63, 3.8) is 0 Å². The number of halogens is 1. The molecule has 1 heterocycles. The van der Waals surface area contributed by atoms with Crippen LogP contribution in [-0.2, 0) is 0 Å². The van der Waals surface area contributed by atoms with E-state index in [-0.39, 0.29) is 0 Å². The highest BCUT2D eigenvalue weighted by molar-refractivity contribution is 9.09. The molecule has 18 heavy (non-hydrogen) atoms. The van der Waals surface area contributed by atoms with E-state index in [1.807, 2.05) is 17.8 Å². The van der Waals surface area contributed by atoms with Gasteiger partial charge in [-0.3, -0.25) is 0 Å². The number of rotatable bonds is 4. The number of ether oxygens (including phenoxy) is 2. The Morgan fingerprint density at radius 3 is 2.61 bits per heavy atom. The summed E-state index contributed by atoms with van der Waals surface area (Å²) in [7, 11) is 0. The van der Waals surface area contributed by atoms with Gasteiger partial charge in [0, 0.05) is 16.0 Å². The summed E-state index contributed by atoms with van der Waals surface area (Å²) in [6.45, 7) is 1.32. The molecule has 0 radical (unpaired) electrons. The molecule has 0 atom stereocenters. The second-order valence-corrected chi connectivity index (χ2v) is 6.69. The summed E-state index contributed by atoms with van der Waals surface area (Å²) in [6, 6.07) is 6.27. The van der Waals surface area contributed by atoms with Crippen LogP contribution >= 0.6 is 27.7 Å². The topological polar surface area (TPSA) is 18.5 Å². The minimum atomic E-state index is 0.526. The highest BCUT2D eigenvalue weighted by Crippen LogP contribution is 2.46. The molecule has 3 rings (SSSR count). The van der Waals surface area contributed by atoms with Gasteiger partial charge in [0.15, 0.2) is 11.5 Å². The van der Waals surface area contributed by atoms with Gasteiger partial charge in [-0.15, -0.1) is 11.8 Å². The Morgan fingerprint density at radius 2 is 1.94 bits per heavy atom. The van der Waals surface area contributed by atoms with E-state index in [9.17, 15) is 0 Å². The Kier molecular flexibility index (Phi) is 3.76. The van der Waals surface area contributed by atoms with Gasteiger partial charge in [0.2, 0.25) is 0 Å². The second kappa shape index (κ2) is 5.33. The van der Waals surface area contributed by atoms with Crippen molar-refractivity contribution in [2.45, 2.75) is 24.2 Å². The van der Waals surface area contributed by atoms with Crippen LogP contribution in [-0.4, -0.2) is 24.3 Å². The van der Waals surface area contributed by atoms with Crippen LogP contribution in [0.25, 0.3) is 0 Å². The minimum absolute atomic E-state index is 0.526. The molecule has 1 aliphatic carbocycles. The van der Waals surface area contributed by atoms with Crippen LogP contribution in [0, 0.1) is 5.41 Å². The second-order valence-electron chi connectivity index (χ2n) is 5.08. The van der Waals surface area contributed by atoms with Gasteiger partial charge in [0.05, 0.1) is 0 Å². The van der Waals surface area contributed by atoms with Gasteiger partial charge in [0.1, 0.15) is 13.2 Å². The van der Waals surface area contributed by atoms with Gasteiger partial charge in [-0.1, -0.05) is 22.4 Å². The van der Waals surface area contributed by atoms with E-state index < -0.39 is 0 Å². The van der Waals surface area contributed by atoms with E-state index in [2.05, 4.69) is 28.1 Å². The van der Waals surface area contributed by atoms with Crippen molar-refractivity contribution < 1.29 is 9.47 Å². The largest absolute Gasteiger partial charge is 0.486 e. The Labute approximate surface area is 121 Å². The highest BCUT2D eigenvalue weighted by Gasteiger charge is 2.35. The first kappa shape index (κ1) is 12.7. The highest BCUT2D eigenvalue weighted by atomic mass is 79.9. The van der Waals surface area contributed by atoms with E-state index in [0.717, 1.165) is 16.8 Å². The SMILES string of the molecule is BrCC1(CSc2ccc3c(c2)OCCO3)CCC1. The van der Waals surface area contributed by atoms with Crippen LogP contribution < -0.4 is 9.47 Å². The molecule has 0 spiro atoms. The maximum absolute atomic E-state index is 5.62. The predicted octanol–water partition coefficient (Wildman–Crippen LogP) is 4.12. The van der Waals surface area contributed by atoms with Crippen LogP contribution in [0.1, 0.15) is 19.3 Å². The normalized spacial score (nSPS) is 20.3. The van der Waals surface area contributed by atoms with Crippen molar-refractivity contribution in [1.29, 1.82) is 0 Å². The van der Waals surface area contributed by atoms with E-state index in [4.69, 9.17) is 9.47 Å². The molecule has 2 aliphatic rings. The fourth-order valence-corrected chi connectivity index (χ4v) is 4.58. The van der Waals surface area contributed by atoms with Gasteiger partial charge in [-0.2, -0.15) is 0 Å². The molecule has 98 valence electrons. The lowest BCUT2D eigenvalue weighted by Crippen LogP contribution is -2.33. The zero-order valence-electron chi connectivity index (χ0n) is 10.3. The van der Waals surface area contributed by atoms with Crippen molar-refractivity contribution in [3.05, 3.63) is 18.2 Å². The molecular weight excluding hydrogens is 312 g/mol. The summed E-state index contributed by atoms with van der Waals surface area (Å²) in [4.78, 5) is 1.28. The van der Waals surface area contributed by atoms with Crippen molar-refractivity contribution in [1.82, 2.24) is 0 Å². The van der Waals surface area contributed by atoms with Gasteiger partial charge < -0.3 is 9.47 Å². The average Bonchev–Trinajstić information content (AvgIpc) is 2.38. The average molecular weight is 329 g/mol. The van der Waals surface area contributed by atoms with Crippen molar-refractivity contribution in [3.8, 4) is 11.5 Å². The molecule has 1 saturated carbocycles. The Hall–Kier alpha value is -0.350. The minimum Gasteiger partial charge on any atom is -0.486 e. The van der Waals surface area contributed by atoms with Crippen molar-refractivity contribution >= 4 is 27.7 Å². The zero-order valence-corrected chi connectivity index (χ0v) is 12.7. The number of benzene rings is 1. The quantitative estimate of drug-likeness (QED) is 0.612. The third kappa shape index (κ3) is 2.50. The number of hydrogen-bond donors (Lipinski definition) is 0. The van der Waals surface area contributed by atoms with Gasteiger partial charge in [0.25, 0.3) is 0 Å². The van der Waals surface area contributed by atoms with Crippen molar-refractivity contribution in [2.75, 3.05) is 24.3 Å². The van der Waals surface area contributed by atoms with Crippen molar-refractivity contribution in [2.24, 2.45) is 5.41 Å². The third-order valence-electron chi connectivity index (χ3n) is 3.76. The van der Waals surface area contributed by atoms with Crippen LogP contribution in [0.2, 0.25) is 0 Å².